The second kappa shape index (κ2) is 7.26. The molecule has 1 aliphatic carbocycles. The van der Waals surface area contributed by atoms with Gasteiger partial charge in [-0.05, 0) is 24.7 Å². The zero-order valence-electron chi connectivity index (χ0n) is 15.3. The van der Waals surface area contributed by atoms with Gasteiger partial charge in [0.25, 0.3) is 5.91 Å². The van der Waals surface area contributed by atoms with E-state index in [4.69, 9.17) is 21.7 Å². The van der Waals surface area contributed by atoms with E-state index in [0.29, 0.717) is 57.0 Å². The molecule has 1 spiro atoms. The van der Waals surface area contributed by atoms with E-state index in [-0.39, 0.29) is 16.9 Å². The average molecular weight is 389 g/mol. The molecule has 8 heteroatoms. The fourth-order valence-electron chi connectivity index (χ4n) is 3.92. The number of carbonyl (C=O) groups excluding carboxylic acids is 2. The summed E-state index contributed by atoms with van der Waals surface area (Å²) in [4.78, 5) is 33.3. The minimum Gasteiger partial charge on any atom is -0.347 e. The van der Waals surface area contributed by atoms with Gasteiger partial charge in [0, 0.05) is 38.0 Å². The van der Waals surface area contributed by atoms with Crippen molar-refractivity contribution in [3.8, 4) is 0 Å². The minimum atomic E-state index is -0.506. The summed E-state index contributed by atoms with van der Waals surface area (Å²) < 4.78 is 11.4. The number of fused-ring (bicyclic) bond motifs is 1. The van der Waals surface area contributed by atoms with Crippen molar-refractivity contribution >= 4 is 34.9 Å². The number of rotatable bonds is 3. The second-order valence-corrected chi connectivity index (χ2v) is 7.51. The van der Waals surface area contributed by atoms with Crippen LogP contribution < -0.4 is 0 Å². The van der Waals surface area contributed by atoms with E-state index < -0.39 is 11.7 Å². The van der Waals surface area contributed by atoms with Gasteiger partial charge in [-0.2, -0.15) is 0 Å². The fraction of sp³-hybridized carbons (Fsp3) is 0.579. The predicted octanol–water partition coefficient (Wildman–Crippen LogP) is 1.44. The molecular weight excluding hydrogens is 366 g/mol. The number of likely N-dealkylation sites (tertiary alicyclic amines) is 1. The van der Waals surface area contributed by atoms with Gasteiger partial charge in [-0.25, -0.2) is 4.99 Å². The Morgan fingerprint density at radius 1 is 1.33 bits per heavy atom. The molecule has 1 atom stereocenters. The molecule has 0 N–H and O–H groups in total. The third kappa shape index (κ3) is 3.37. The first-order valence-electron chi connectivity index (χ1n) is 9.44. The highest BCUT2D eigenvalue weighted by Crippen LogP contribution is 2.32. The molecule has 2 fully saturated rings. The van der Waals surface area contributed by atoms with E-state index in [2.05, 4.69) is 4.99 Å². The summed E-state index contributed by atoms with van der Waals surface area (Å²) in [5.41, 5.74) is 1.09. The number of aliphatic imine (C=N–C) groups is 1. The first-order chi connectivity index (χ1) is 13.0. The topological polar surface area (TPSA) is 71.4 Å². The number of amides is 2. The van der Waals surface area contributed by atoms with E-state index in [1.165, 1.54) is 0 Å². The number of thiocarbonyl (C=S) groups is 1. The lowest BCUT2D eigenvalue weighted by molar-refractivity contribution is -0.186. The zero-order valence-corrected chi connectivity index (χ0v) is 16.2. The molecule has 4 rings (SSSR count). The molecule has 0 aromatic rings. The van der Waals surface area contributed by atoms with Crippen LogP contribution in [-0.4, -0.2) is 71.1 Å². The summed E-state index contributed by atoms with van der Waals surface area (Å²) in [5, 5.41) is 0.280. The van der Waals surface area contributed by atoms with Crippen molar-refractivity contribution < 1.29 is 19.1 Å². The Morgan fingerprint density at radius 3 is 2.70 bits per heavy atom. The summed E-state index contributed by atoms with van der Waals surface area (Å²) in [6, 6.07) is 0. The summed E-state index contributed by atoms with van der Waals surface area (Å²) in [6.07, 6.45) is 7.36. The standard InChI is InChI=1S/C19H23N3O4S/c1-2-7-22-17(24)14-4-3-13(12-15(14)20-18(22)27)16(23)21-8-5-19(6-9-21)25-10-11-26-19/h3-4,12,14H,2,5-11H2,1H3. The first kappa shape index (κ1) is 18.5. The normalized spacial score (nSPS) is 26.9. The zero-order chi connectivity index (χ0) is 19.0. The van der Waals surface area contributed by atoms with E-state index in [1.54, 1.807) is 28.0 Å². The van der Waals surface area contributed by atoms with Crippen molar-refractivity contribution in [3.05, 3.63) is 23.8 Å². The van der Waals surface area contributed by atoms with Gasteiger partial charge in [0.1, 0.15) is 0 Å². The third-order valence-corrected chi connectivity index (χ3v) is 5.71. The Bertz CT molecular complexity index is 757. The van der Waals surface area contributed by atoms with Gasteiger partial charge in [-0.1, -0.05) is 19.1 Å². The Kier molecular flexibility index (Phi) is 4.96. The lowest BCUT2D eigenvalue weighted by Gasteiger charge is -2.38. The first-order valence-corrected chi connectivity index (χ1v) is 9.85. The molecule has 0 radical (unpaired) electrons. The van der Waals surface area contributed by atoms with Gasteiger partial charge in [-0.3, -0.25) is 14.5 Å². The van der Waals surface area contributed by atoms with E-state index in [1.807, 2.05) is 6.92 Å². The van der Waals surface area contributed by atoms with Crippen molar-refractivity contribution in [1.82, 2.24) is 9.80 Å². The van der Waals surface area contributed by atoms with Gasteiger partial charge in [0.15, 0.2) is 5.79 Å². The van der Waals surface area contributed by atoms with Crippen LogP contribution in [0.5, 0.6) is 0 Å². The lowest BCUT2D eigenvalue weighted by Crippen LogP contribution is -2.48. The molecule has 144 valence electrons. The van der Waals surface area contributed by atoms with Crippen molar-refractivity contribution in [1.29, 1.82) is 0 Å². The molecule has 27 heavy (non-hydrogen) atoms. The monoisotopic (exact) mass is 389 g/mol. The molecule has 3 aliphatic heterocycles. The van der Waals surface area contributed by atoms with Crippen LogP contribution >= 0.6 is 12.2 Å². The van der Waals surface area contributed by atoms with E-state index in [9.17, 15) is 9.59 Å². The maximum absolute atomic E-state index is 12.9. The molecule has 7 nitrogen and oxygen atoms in total. The van der Waals surface area contributed by atoms with Crippen molar-refractivity contribution in [2.75, 3.05) is 32.8 Å². The minimum absolute atomic E-state index is 0.0606. The van der Waals surface area contributed by atoms with Gasteiger partial charge in [-0.15, -0.1) is 0 Å². The number of piperidine rings is 1. The van der Waals surface area contributed by atoms with E-state index >= 15 is 0 Å². The van der Waals surface area contributed by atoms with Crippen LogP contribution in [-0.2, 0) is 19.1 Å². The van der Waals surface area contributed by atoms with Crippen LogP contribution in [0, 0.1) is 5.92 Å². The molecule has 0 aromatic heterocycles. The largest absolute Gasteiger partial charge is 0.347 e. The Balaban J connectivity index is 1.47. The molecule has 0 bridgehead atoms. The van der Waals surface area contributed by atoms with Gasteiger partial charge < -0.3 is 14.4 Å². The SMILES string of the molecule is CCCN1C(=O)C2C=CC(C(=O)N3CCC4(CC3)OCCO4)=CC2=NC1=S. The van der Waals surface area contributed by atoms with Crippen LogP contribution in [0.1, 0.15) is 26.2 Å². The molecule has 0 aromatic carbocycles. The summed E-state index contributed by atoms with van der Waals surface area (Å²) in [6.45, 7) is 4.96. The lowest BCUT2D eigenvalue weighted by atomic mass is 9.91. The molecule has 2 saturated heterocycles. The second-order valence-electron chi connectivity index (χ2n) is 7.15. The van der Waals surface area contributed by atoms with Gasteiger partial charge >= 0.3 is 0 Å². The number of ether oxygens (including phenoxy) is 2. The Labute approximate surface area is 163 Å². The molecular formula is C19H23N3O4S. The number of allylic oxidation sites excluding steroid dienone is 1. The molecule has 0 saturated carbocycles. The predicted molar refractivity (Wildman–Crippen MR) is 103 cm³/mol. The summed E-state index contributed by atoms with van der Waals surface area (Å²) in [7, 11) is 0. The van der Waals surface area contributed by atoms with Gasteiger partial charge in [0.2, 0.25) is 11.0 Å². The van der Waals surface area contributed by atoms with Crippen molar-refractivity contribution in [2.45, 2.75) is 32.0 Å². The maximum Gasteiger partial charge on any atom is 0.253 e. The highest BCUT2D eigenvalue weighted by molar-refractivity contribution is 7.80. The molecule has 3 heterocycles. The molecule has 2 amide bonds. The number of carbonyl (C=O) groups is 2. The smallest absolute Gasteiger partial charge is 0.253 e. The highest BCUT2D eigenvalue weighted by atomic mass is 32.1. The summed E-state index contributed by atoms with van der Waals surface area (Å²) in [5.74, 6) is -1.09. The van der Waals surface area contributed by atoms with Crippen LogP contribution in [0.4, 0.5) is 0 Å². The number of hydrogen-bond acceptors (Lipinski definition) is 5. The maximum atomic E-state index is 12.9. The molecule has 1 unspecified atom stereocenters. The quantitative estimate of drug-likeness (QED) is 0.683. The summed E-state index contributed by atoms with van der Waals surface area (Å²) >= 11 is 5.27. The fourth-order valence-corrected chi connectivity index (χ4v) is 4.21. The Morgan fingerprint density at radius 2 is 2.04 bits per heavy atom. The van der Waals surface area contributed by atoms with Crippen LogP contribution in [0.3, 0.4) is 0 Å². The van der Waals surface area contributed by atoms with Crippen LogP contribution in [0.25, 0.3) is 0 Å². The molecule has 4 aliphatic rings. The Hall–Kier alpha value is -1.90. The average Bonchev–Trinajstić information content (AvgIpc) is 3.13. The number of hydrogen-bond donors (Lipinski definition) is 0. The van der Waals surface area contributed by atoms with Crippen LogP contribution in [0.2, 0.25) is 0 Å². The van der Waals surface area contributed by atoms with Gasteiger partial charge in [0.05, 0.1) is 24.8 Å². The third-order valence-electron chi connectivity index (χ3n) is 5.40. The van der Waals surface area contributed by atoms with Crippen molar-refractivity contribution in [2.24, 2.45) is 10.9 Å². The van der Waals surface area contributed by atoms with Crippen molar-refractivity contribution in [3.63, 3.8) is 0 Å². The highest BCUT2D eigenvalue weighted by Gasteiger charge is 2.41. The van der Waals surface area contributed by atoms with E-state index in [0.717, 1.165) is 6.42 Å². The van der Waals surface area contributed by atoms with Crippen LogP contribution in [0.15, 0.2) is 28.8 Å². The number of nitrogens with zero attached hydrogens (tertiary/aromatic N) is 3.